The van der Waals surface area contributed by atoms with Gasteiger partial charge in [-0.25, -0.2) is 0 Å². The smallest absolute Gasteiger partial charge is 0.227 e. The van der Waals surface area contributed by atoms with Gasteiger partial charge in [0.15, 0.2) is 0 Å². The van der Waals surface area contributed by atoms with E-state index in [1.165, 1.54) is 0 Å². The molecule has 2 heterocycles. The van der Waals surface area contributed by atoms with Crippen LogP contribution >= 0.6 is 11.6 Å². The molecule has 1 fully saturated rings. The topological polar surface area (TPSA) is 62.3 Å². The third-order valence-electron chi connectivity index (χ3n) is 3.80. The van der Waals surface area contributed by atoms with Gasteiger partial charge in [0, 0.05) is 29.9 Å². The van der Waals surface area contributed by atoms with Crippen molar-refractivity contribution in [3.63, 3.8) is 0 Å². The molecule has 2 aromatic rings. The van der Waals surface area contributed by atoms with Crippen LogP contribution in [0.2, 0.25) is 5.02 Å². The summed E-state index contributed by atoms with van der Waals surface area (Å²) in [7, 11) is 0. The maximum absolute atomic E-state index is 12.3. The van der Waals surface area contributed by atoms with Gasteiger partial charge in [0.1, 0.15) is 0 Å². The normalized spacial score (nSPS) is 17.3. The van der Waals surface area contributed by atoms with E-state index in [0.717, 1.165) is 11.4 Å². The number of rotatable bonds is 4. The van der Waals surface area contributed by atoms with Gasteiger partial charge in [0.25, 0.3) is 0 Å². The second kappa shape index (κ2) is 6.79. The number of amides is 2. The third kappa shape index (κ3) is 3.68. The Kier molecular flexibility index (Phi) is 4.57. The van der Waals surface area contributed by atoms with Gasteiger partial charge >= 0.3 is 0 Å². The van der Waals surface area contributed by atoms with Crippen molar-refractivity contribution in [1.29, 1.82) is 0 Å². The van der Waals surface area contributed by atoms with Crippen LogP contribution in [0, 0.1) is 5.92 Å². The quantitative estimate of drug-likeness (QED) is 0.937. The molecular formula is C17H16ClN3O2. The van der Waals surface area contributed by atoms with E-state index in [1.807, 2.05) is 18.2 Å². The van der Waals surface area contributed by atoms with Crippen molar-refractivity contribution in [2.45, 2.75) is 13.0 Å². The number of nitrogens with one attached hydrogen (secondary N) is 1. The molecule has 1 N–H and O–H groups in total. The zero-order valence-electron chi connectivity index (χ0n) is 12.4. The molecular weight excluding hydrogens is 314 g/mol. The predicted octanol–water partition coefficient (Wildman–Crippen LogP) is 2.40. The zero-order chi connectivity index (χ0) is 16.2. The first-order valence-electron chi connectivity index (χ1n) is 7.37. The molecule has 0 radical (unpaired) electrons. The molecule has 6 heteroatoms. The Hall–Kier alpha value is -2.40. The van der Waals surface area contributed by atoms with Gasteiger partial charge < -0.3 is 10.2 Å². The van der Waals surface area contributed by atoms with Crippen LogP contribution in [0.5, 0.6) is 0 Å². The van der Waals surface area contributed by atoms with Crippen molar-refractivity contribution in [1.82, 2.24) is 10.3 Å². The molecule has 5 nitrogen and oxygen atoms in total. The highest BCUT2D eigenvalue weighted by Gasteiger charge is 2.34. The number of benzene rings is 1. The minimum Gasteiger partial charge on any atom is -0.350 e. The largest absolute Gasteiger partial charge is 0.350 e. The van der Waals surface area contributed by atoms with Gasteiger partial charge in [-0.2, -0.15) is 0 Å². The number of pyridine rings is 1. The average molecular weight is 330 g/mol. The molecule has 1 aliphatic rings. The maximum atomic E-state index is 12.3. The number of nitrogens with zero attached hydrogens (tertiary/aromatic N) is 2. The van der Waals surface area contributed by atoms with Gasteiger partial charge in [0.2, 0.25) is 11.8 Å². The Morgan fingerprint density at radius 2 is 2.04 bits per heavy atom. The molecule has 1 aliphatic heterocycles. The number of hydrogen-bond donors (Lipinski definition) is 1. The van der Waals surface area contributed by atoms with Crippen LogP contribution in [0.3, 0.4) is 0 Å². The third-order valence-corrected chi connectivity index (χ3v) is 4.06. The zero-order valence-corrected chi connectivity index (χ0v) is 13.2. The highest BCUT2D eigenvalue weighted by molar-refractivity contribution is 6.30. The highest BCUT2D eigenvalue weighted by atomic mass is 35.5. The molecule has 1 unspecified atom stereocenters. The Bertz CT molecular complexity index is 704. The number of carbonyl (C=O) groups is 2. The van der Waals surface area contributed by atoms with Crippen molar-refractivity contribution in [3.8, 4) is 0 Å². The van der Waals surface area contributed by atoms with E-state index in [2.05, 4.69) is 10.3 Å². The second-order valence-corrected chi connectivity index (χ2v) is 5.86. The lowest BCUT2D eigenvalue weighted by atomic mass is 10.1. The maximum Gasteiger partial charge on any atom is 0.227 e. The predicted molar refractivity (Wildman–Crippen MR) is 88.0 cm³/mol. The SMILES string of the molecule is O=C(NCc1ccccn1)C1CC(=O)N(c2ccc(Cl)cc2)C1. The Morgan fingerprint density at radius 3 is 2.74 bits per heavy atom. The molecule has 0 bridgehead atoms. The Balaban J connectivity index is 1.60. The fourth-order valence-corrected chi connectivity index (χ4v) is 2.70. The fourth-order valence-electron chi connectivity index (χ4n) is 2.58. The lowest BCUT2D eigenvalue weighted by Crippen LogP contribution is -2.32. The molecule has 1 aromatic carbocycles. The molecule has 2 amide bonds. The summed E-state index contributed by atoms with van der Waals surface area (Å²) in [5.41, 5.74) is 1.55. The van der Waals surface area contributed by atoms with E-state index in [-0.39, 0.29) is 24.2 Å². The van der Waals surface area contributed by atoms with Crippen molar-refractivity contribution in [2.75, 3.05) is 11.4 Å². The summed E-state index contributed by atoms with van der Waals surface area (Å²) in [6.07, 6.45) is 1.90. The lowest BCUT2D eigenvalue weighted by molar-refractivity contribution is -0.126. The Labute approximate surface area is 139 Å². The molecule has 3 rings (SSSR count). The van der Waals surface area contributed by atoms with Gasteiger partial charge in [0.05, 0.1) is 18.2 Å². The lowest BCUT2D eigenvalue weighted by Gasteiger charge is -2.16. The molecule has 1 aromatic heterocycles. The number of halogens is 1. The van der Waals surface area contributed by atoms with Crippen LogP contribution in [0.1, 0.15) is 12.1 Å². The van der Waals surface area contributed by atoms with E-state index in [4.69, 9.17) is 11.6 Å². The summed E-state index contributed by atoms with van der Waals surface area (Å²) in [6, 6.07) is 12.6. The summed E-state index contributed by atoms with van der Waals surface area (Å²) >= 11 is 5.86. The van der Waals surface area contributed by atoms with Gasteiger partial charge in [-0.05, 0) is 36.4 Å². The van der Waals surface area contributed by atoms with E-state index < -0.39 is 0 Å². The van der Waals surface area contributed by atoms with Crippen LogP contribution in [-0.2, 0) is 16.1 Å². The summed E-state index contributed by atoms with van der Waals surface area (Å²) in [5, 5.41) is 3.46. The van der Waals surface area contributed by atoms with E-state index >= 15 is 0 Å². The molecule has 0 saturated carbocycles. The fraction of sp³-hybridized carbons (Fsp3) is 0.235. The van der Waals surface area contributed by atoms with Gasteiger partial charge in [-0.1, -0.05) is 17.7 Å². The number of hydrogen-bond acceptors (Lipinski definition) is 3. The van der Waals surface area contributed by atoms with Crippen LogP contribution in [-0.4, -0.2) is 23.3 Å². The van der Waals surface area contributed by atoms with Gasteiger partial charge in [-0.3, -0.25) is 14.6 Å². The summed E-state index contributed by atoms with van der Waals surface area (Å²) in [5.74, 6) is -0.521. The van der Waals surface area contributed by atoms with E-state index in [1.54, 1.807) is 35.4 Å². The first-order chi connectivity index (χ1) is 11.1. The second-order valence-electron chi connectivity index (χ2n) is 5.42. The van der Waals surface area contributed by atoms with Crippen molar-refractivity contribution in [2.24, 2.45) is 5.92 Å². The molecule has 0 aliphatic carbocycles. The number of anilines is 1. The first kappa shape index (κ1) is 15.5. The highest BCUT2D eigenvalue weighted by Crippen LogP contribution is 2.26. The van der Waals surface area contributed by atoms with Crippen molar-refractivity contribution >= 4 is 29.1 Å². The summed E-state index contributed by atoms with van der Waals surface area (Å²) in [6.45, 7) is 0.750. The van der Waals surface area contributed by atoms with Crippen LogP contribution in [0.15, 0.2) is 48.7 Å². The van der Waals surface area contributed by atoms with E-state index in [9.17, 15) is 9.59 Å². The summed E-state index contributed by atoms with van der Waals surface area (Å²) in [4.78, 5) is 30.2. The van der Waals surface area contributed by atoms with Crippen molar-refractivity contribution in [3.05, 3.63) is 59.4 Å². The number of carbonyl (C=O) groups excluding carboxylic acids is 2. The molecule has 1 atom stereocenters. The summed E-state index contributed by atoms with van der Waals surface area (Å²) < 4.78 is 0. The van der Waals surface area contributed by atoms with Crippen LogP contribution in [0.4, 0.5) is 5.69 Å². The minimum atomic E-state index is -0.345. The molecule has 23 heavy (non-hydrogen) atoms. The van der Waals surface area contributed by atoms with Gasteiger partial charge in [-0.15, -0.1) is 0 Å². The minimum absolute atomic E-state index is 0.0506. The van der Waals surface area contributed by atoms with Crippen LogP contribution < -0.4 is 10.2 Å². The monoisotopic (exact) mass is 329 g/mol. The van der Waals surface area contributed by atoms with Crippen molar-refractivity contribution < 1.29 is 9.59 Å². The molecule has 118 valence electrons. The number of aromatic nitrogens is 1. The first-order valence-corrected chi connectivity index (χ1v) is 7.75. The average Bonchev–Trinajstić information content (AvgIpc) is 2.96. The Morgan fingerprint density at radius 1 is 1.26 bits per heavy atom. The van der Waals surface area contributed by atoms with E-state index in [0.29, 0.717) is 18.1 Å². The molecule has 0 spiro atoms. The van der Waals surface area contributed by atoms with Crippen LogP contribution in [0.25, 0.3) is 0 Å². The molecule has 1 saturated heterocycles. The standard InChI is InChI=1S/C17H16ClN3O2/c18-13-4-6-15(7-5-13)21-11-12(9-16(21)22)17(23)20-10-14-3-1-2-8-19-14/h1-8,12H,9-11H2,(H,20,23).